The SMILES string of the molecule is CCNC(=S)NNc1nc(C)cs1. The lowest BCUT2D eigenvalue weighted by Gasteiger charge is -2.08. The van der Waals surface area contributed by atoms with E-state index in [9.17, 15) is 0 Å². The molecule has 1 aromatic heterocycles. The van der Waals surface area contributed by atoms with E-state index in [1.165, 1.54) is 11.3 Å². The normalized spacial score (nSPS) is 9.38. The Hall–Kier alpha value is -0.880. The molecule has 0 atom stereocenters. The number of rotatable bonds is 3. The Bertz CT molecular complexity index is 284. The van der Waals surface area contributed by atoms with Gasteiger partial charge in [0.25, 0.3) is 0 Å². The van der Waals surface area contributed by atoms with Gasteiger partial charge in [0, 0.05) is 11.9 Å². The van der Waals surface area contributed by atoms with E-state index in [4.69, 9.17) is 12.2 Å². The highest BCUT2D eigenvalue weighted by molar-refractivity contribution is 7.80. The number of aryl methyl sites for hydroxylation is 1. The van der Waals surface area contributed by atoms with Crippen molar-refractivity contribution in [2.45, 2.75) is 13.8 Å². The highest BCUT2D eigenvalue weighted by Gasteiger charge is 1.97. The number of hydrogen-bond donors (Lipinski definition) is 3. The molecule has 1 heterocycles. The van der Waals surface area contributed by atoms with Crippen LogP contribution in [0.5, 0.6) is 0 Å². The molecule has 0 amide bonds. The van der Waals surface area contributed by atoms with E-state index in [-0.39, 0.29) is 0 Å². The van der Waals surface area contributed by atoms with Gasteiger partial charge >= 0.3 is 0 Å². The zero-order valence-corrected chi connectivity index (χ0v) is 9.18. The summed E-state index contributed by atoms with van der Waals surface area (Å²) in [5.74, 6) is 0. The molecular weight excluding hydrogens is 204 g/mol. The Morgan fingerprint density at radius 2 is 2.46 bits per heavy atom. The van der Waals surface area contributed by atoms with E-state index in [0.717, 1.165) is 17.4 Å². The third kappa shape index (κ3) is 3.56. The zero-order chi connectivity index (χ0) is 9.68. The van der Waals surface area contributed by atoms with Crippen LogP contribution < -0.4 is 16.2 Å². The van der Waals surface area contributed by atoms with Crippen LogP contribution in [0, 0.1) is 6.92 Å². The average molecular weight is 216 g/mol. The van der Waals surface area contributed by atoms with Gasteiger partial charge in [-0.05, 0) is 26.1 Å². The van der Waals surface area contributed by atoms with Gasteiger partial charge in [0.2, 0.25) is 5.13 Å². The summed E-state index contributed by atoms with van der Waals surface area (Å²) in [6.07, 6.45) is 0. The largest absolute Gasteiger partial charge is 0.362 e. The van der Waals surface area contributed by atoms with E-state index in [0.29, 0.717) is 5.11 Å². The number of nitrogens with zero attached hydrogens (tertiary/aromatic N) is 1. The Balaban J connectivity index is 2.30. The van der Waals surface area contributed by atoms with Crippen LogP contribution in [0.3, 0.4) is 0 Å². The summed E-state index contributed by atoms with van der Waals surface area (Å²) in [5.41, 5.74) is 6.74. The molecule has 0 aliphatic rings. The van der Waals surface area contributed by atoms with Crippen LogP contribution >= 0.6 is 23.6 Å². The van der Waals surface area contributed by atoms with E-state index < -0.39 is 0 Å². The maximum Gasteiger partial charge on any atom is 0.201 e. The van der Waals surface area contributed by atoms with E-state index in [1.807, 2.05) is 19.2 Å². The average Bonchev–Trinajstić information content (AvgIpc) is 2.49. The number of thiazole rings is 1. The second-order valence-corrected chi connectivity index (χ2v) is 3.67. The van der Waals surface area contributed by atoms with Crippen molar-refractivity contribution in [3.63, 3.8) is 0 Å². The minimum absolute atomic E-state index is 0.579. The number of anilines is 1. The van der Waals surface area contributed by atoms with Crippen molar-refractivity contribution in [2.24, 2.45) is 0 Å². The second kappa shape index (κ2) is 4.98. The smallest absolute Gasteiger partial charge is 0.201 e. The van der Waals surface area contributed by atoms with Crippen LogP contribution in [-0.4, -0.2) is 16.6 Å². The minimum atomic E-state index is 0.579. The fourth-order valence-electron chi connectivity index (χ4n) is 0.726. The molecule has 0 saturated carbocycles. The Morgan fingerprint density at radius 1 is 1.69 bits per heavy atom. The lowest BCUT2D eigenvalue weighted by atomic mass is 10.6. The van der Waals surface area contributed by atoms with Crippen molar-refractivity contribution in [2.75, 3.05) is 12.0 Å². The number of nitrogens with one attached hydrogen (secondary N) is 3. The highest BCUT2D eigenvalue weighted by Crippen LogP contribution is 2.12. The predicted octanol–water partition coefficient (Wildman–Crippen LogP) is 1.26. The molecular formula is C7H12N4S2. The van der Waals surface area contributed by atoms with Gasteiger partial charge in [0.15, 0.2) is 5.11 Å². The molecule has 0 spiro atoms. The van der Waals surface area contributed by atoms with Crippen LogP contribution in [0.15, 0.2) is 5.38 Å². The molecule has 0 aliphatic carbocycles. The fraction of sp³-hybridized carbons (Fsp3) is 0.429. The molecule has 0 unspecified atom stereocenters. The third-order valence-corrected chi connectivity index (χ3v) is 2.36. The number of hydrogen-bond acceptors (Lipinski definition) is 4. The van der Waals surface area contributed by atoms with Crippen molar-refractivity contribution < 1.29 is 0 Å². The van der Waals surface area contributed by atoms with Crippen molar-refractivity contribution in [1.29, 1.82) is 0 Å². The number of thiocarbonyl (C=S) groups is 1. The standard InChI is InChI=1S/C7H12N4S2/c1-3-8-6(12)10-11-7-9-5(2)4-13-7/h4H,3H2,1-2H3,(H,9,11)(H2,8,10,12). The first kappa shape index (κ1) is 10.2. The lowest BCUT2D eigenvalue weighted by molar-refractivity contribution is 0.926. The summed E-state index contributed by atoms with van der Waals surface area (Å²) in [5, 5.41) is 6.33. The molecule has 4 nitrogen and oxygen atoms in total. The number of hydrazine groups is 1. The van der Waals surface area contributed by atoms with Gasteiger partial charge in [0.05, 0.1) is 5.69 Å². The lowest BCUT2D eigenvalue weighted by Crippen LogP contribution is -2.38. The first-order chi connectivity index (χ1) is 6.22. The monoisotopic (exact) mass is 216 g/mol. The van der Waals surface area contributed by atoms with Gasteiger partial charge in [0.1, 0.15) is 0 Å². The van der Waals surface area contributed by atoms with Gasteiger partial charge in [-0.1, -0.05) is 0 Å². The molecule has 0 radical (unpaired) electrons. The Morgan fingerprint density at radius 3 is 3.00 bits per heavy atom. The molecule has 0 saturated heterocycles. The molecule has 0 aromatic carbocycles. The van der Waals surface area contributed by atoms with Crippen molar-refractivity contribution in [3.8, 4) is 0 Å². The second-order valence-electron chi connectivity index (χ2n) is 2.40. The van der Waals surface area contributed by atoms with Crippen molar-refractivity contribution in [1.82, 2.24) is 15.7 Å². The fourth-order valence-corrected chi connectivity index (χ4v) is 1.56. The first-order valence-corrected chi connectivity index (χ1v) is 5.23. The van der Waals surface area contributed by atoms with Gasteiger partial charge < -0.3 is 5.32 Å². The van der Waals surface area contributed by atoms with Crippen LogP contribution in [0.2, 0.25) is 0 Å². The maximum atomic E-state index is 4.95. The summed E-state index contributed by atoms with van der Waals surface area (Å²) in [7, 11) is 0. The van der Waals surface area contributed by atoms with Crippen LogP contribution in [0.1, 0.15) is 12.6 Å². The molecule has 6 heteroatoms. The van der Waals surface area contributed by atoms with Gasteiger partial charge in [-0.2, -0.15) is 0 Å². The minimum Gasteiger partial charge on any atom is -0.362 e. The van der Waals surface area contributed by atoms with E-state index in [2.05, 4.69) is 21.2 Å². The maximum absolute atomic E-state index is 4.95. The molecule has 72 valence electrons. The highest BCUT2D eigenvalue weighted by atomic mass is 32.1. The van der Waals surface area contributed by atoms with E-state index in [1.54, 1.807) is 0 Å². The van der Waals surface area contributed by atoms with Crippen molar-refractivity contribution in [3.05, 3.63) is 11.1 Å². The topological polar surface area (TPSA) is 49.0 Å². The first-order valence-electron chi connectivity index (χ1n) is 3.94. The molecule has 0 fully saturated rings. The summed E-state index contributed by atoms with van der Waals surface area (Å²) in [6.45, 7) is 4.75. The van der Waals surface area contributed by atoms with E-state index >= 15 is 0 Å². The van der Waals surface area contributed by atoms with Crippen LogP contribution in [-0.2, 0) is 0 Å². The molecule has 0 bridgehead atoms. The predicted molar refractivity (Wildman–Crippen MR) is 59.9 cm³/mol. The van der Waals surface area contributed by atoms with Gasteiger partial charge in [-0.25, -0.2) is 4.98 Å². The van der Waals surface area contributed by atoms with Gasteiger partial charge in [-0.15, -0.1) is 11.3 Å². The zero-order valence-electron chi connectivity index (χ0n) is 7.55. The Labute approximate surface area is 86.7 Å². The van der Waals surface area contributed by atoms with Crippen LogP contribution in [0.4, 0.5) is 5.13 Å². The number of aromatic nitrogens is 1. The summed E-state index contributed by atoms with van der Waals surface area (Å²) >= 11 is 6.49. The molecule has 0 aliphatic heterocycles. The quantitative estimate of drug-likeness (QED) is 0.524. The van der Waals surface area contributed by atoms with Crippen LogP contribution in [0.25, 0.3) is 0 Å². The third-order valence-electron chi connectivity index (χ3n) is 1.24. The molecule has 3 N–H and O–H groups in total. The summed E-state index contributed by atoms with van der Waals surface area (Å²) in [4.78, 5) is 4.20. The molecule has 1 rings (SSSR count). The van der Waals surface area contributed by atoms with Crippen molar-refractivity contribution >= 4 is 33.8 Å². The Kier molecular flexibility index (Phi) is 3.91. The molecule has 13 heavy (non-hydrogen) atoms. The van der Waals surface area contributed by atoms with Gasteiger partial charge in [-0.3, -0.25) is 10.9 Å². The summed E-state index contributed by atoms with van der Waals surface area (Å²) < 4.78 is 0. The molecule has 1 aromatic rings. The summed E-state index contributed by atoms with van der Waals surface area (Å²) in [6, 6.07) is 0.